The zero-order valence-corrected chi connectivity index (χ0v) is 10.4. The van der Waals surface area contributed by atoms with E-state index in [0.717, 1.165) is 16.0 Å². The van der Waals surface area contributed by atoms with Crippen molar-refractivity contribution in [1.29, 1.82) is 0 Å². The van der Waals surface area contributed by atoms with Gasteiger partial charge in [0.1, 0.15) is 4.21 Å². The van der Waals surface area contributed by atoms with Crippen LogP contribution >= 0.6 is 35.7 Å². The SMILES string of the molecule is COc1c(SC)sc2cccc(S)c12. The summed E-state index contributed by atoms with van der Waals surface area (Å²) in [6, 6.07) is 6.11. The summed E-state index contributed by atoms with van der Waals surface area (Å²) in [6.07, 6.45) is 2.06. The second-order valence-electron chi connectivity index (χ2n) is 2.78. The average molecular weight is 242 g/mol. The summed E-state index contributed by atoms with van der Waals surface area (Å²) in [5.41, 5.74) is 0. The van der Waals surface area contributed by atoms with E-state index in [1.54, 1.807) is 30.2 Å². The number of fused-ring (bicyclic) bond motifs is 1. The largest absolute Gasteiger partial charge is 0.494 e. The molecule has 74 valence electrons. The Balaban J connectivity index is 2.81. The minimum Gasteiger partial charge on any atom is -0.494 e. The van der Waals surface area contributed by atoms with Gasteiger partial charge in [-0.3, -0.25) is 0 Å². The van der Waals surface area contributed by atoms with Crippen molar-refractivity contribution < 1.29 is 4.74 Å². The van der Waals surface area contributed by atoms with E-state index in [0.29, 0.717) is 0 Å². The van der Waals surface area contributed by atoms with E-state index < -0.39 is 0 Å². The van der Waals surface area contributed by atoms with E-state index in [1.165, 1.54) is 8.91 Å². The first-order valence-corrected chi connectivity index (χ1v) is 6.59. The minimum atomic E-state index is 0.961. The third-order valence-electron chi connectivity index (χ3n) is 2.01. The van der Waals surface area contributed by atoms with E-state index in [2.05, 4.69) is 25.0 Å². The number of methoxy groups -OCH3 is 1. The predicted octanol–water partition coefficient (Wildman–Crippen LogP) is 3.92. The predicted molar refractivity (Wildman–Crippen MR) is 67.4 cm³/mol. The Kier molecular flexibility index (Phi) is 2.95. The molecule has 0 unspecified atom stereocenters. The Morgan fingerprint density at radius 1 is 1.43 bits per heavy atom. The van der Waals surface area contributed by atoms with Crippen molar-refractivity contribution in [1.82, 2.24) is 0 Å². The maximum Gasteiger partial charge on any atom is 0.152 e. The molecule has 0 fully saturated rings. The van der Waals surface area contributed by atoms with Crippen LogP contribution in [0.25, 0.3) is 10.1 Å². The van der Waals surface area contributed by atoms with Gasteiger partial charge in [-0.15, -0.1) is 35.7 Å². The Labute approximate surface area is 96.9 Å². The fourth-order valence-electron chi connectivity index (χ4n) is 1.40. The van der Waals surface area contributed by atoms with Crippen LogP contribution in [-0.2, 0) is 0 Å². The van der Waals surface area contributed by atoms with Gasteiger partial charge >= 0.3 is 0 Å². The van der Waals surface area contributed by atoms with Crippen molar-refractivity contribution in [2.45, 2.75) is 9.10 Å². The van der Waals surface area contributed by atoms with Gasteiger partial charge in [-0.1, -0.05) is 6.07 Å². The van der Waals surface area contributed by atoms with Crippen LogP contribution in [0.1, 0.15) is 0 Å². The lowest BCUT2D eigenvalue weighted by atomic mass is 10.2. The first kappa shape index (κ1) is 10.2. The highest BCUT2D eigenvalue weighted by Gasteiger charge is 2.13. The van der Waals surface area contributed by atoms with Gasteiger partial charge in [-0.2, -0.15) is 0 Å². The molecule has 0 spiro atoms. The first-order valence-electron chi connectivity index (χ1n) is 4.10. The van der Waals surface area contributed by atoms with Crippen LogP contribution in [0, 0.1) is 0 Å². The van der Waals surface area contributed by atoms with Gasteiger partial charge in [0.05, 0.1) is 7.11 Å². The molecule has 1 nitrogen and oxygen atoms in total. The van der Waals surface area contributed by atoms with E-state index >= 15 is 0 Å². The highest BCUT2D eigenvalue weighted by Crippen LogP contribution is 2.45. The molecule has 0 aliphatic rings. The topological polar surface area (TPSA) is 9.23 Å². The number of hydrogen-bond acceptors (Lipinski definition) is 4. The van der Waals surface area contributed by atoms with Crippen molar-refractivity contribution in [3.8, 4) is 5.75 Å². The Morgan fingerprint density at radius 2 is 2.21 bits per heavy atom. The van der Waals surface area contributed by atoms with E-state index in [1.807, 2.05) is 12.1 Å². The number of thiol groups is 1. The average Bonchev–Trinajstić information content (AvgIpc) is 2.56. The van der Waals surface area contributed by atoms with Gasteiger partial charge in [-0.05, 0) is 18.4 Å². The Hall–Kier alpha value is -0.320. The summed E-state index contributed by atoms with van der Waals surface area (Å²) in [7, 11) is 1.71. The molecule has 0 radical (unpaired) electrons. The molecule has 14 heavy (non-hydrogen) atoms. The van der Waals surface area contributed by atoms with E-state index in [-0.39, 0.29) is 0 Å². The summed E-state index contributed by atoms with van der Waals surface area (Å²) in [6.45, 7) is 0. The van der Waals surface area contributed by atoms with Crippen LogP contribution in [0.4, 0.5) is 0 Å². The van der Waals surface area contributed by atoms with Crippen LogP contribution in [0.3, 0.4) is 0 Å². The quantitative estimate of drug-likeness (QED) is 0.631. The van der Waals surface area contributed by atoms with Gasteiger partial charge in [-0.25, -0.2) is 0 Å². The molecular weight excluding hydrogens is 232 g/mol. The highest BCUT2D eigenvalue weighted by molar-refractivity contribution is 8.00. The lowest BCUT2D eigenvalue weighted by Crippen LogP contribution is -1.82. The third-order valence-corrected chi connectivity index (χ3v) is 4.62. The van der Waals surface area contributed by atoms with Crippen molar-refractivity contribution in [3.05, 3.63) is 18.2 Å². The molecule has 0 amide bonds. The van der Waals surface area contributed by atoms with E-state index in [9.17, 15) is 0 Å². The molecule has 4 heteroatoms. The molecule has 0 saturated heterocycles. The molecule has 0 N–H and O–H groups in total. The van der Waals surface area contributed by atoms with Crippen molar-refractivity contribution in [2.24, 2.45) is 0 Å². The zero-order chi connectivity index (χ0) is 10.1. The molecule has 2 rings (SSSR count). The molecule has 1 aromatic carbocycles. The van der Waals surface area contributed by atoms with Crippen LogP contribution in [0.2, 0.25) is 0 Å². The molecule has 0 aliphatic heterocycles. The monoisotopic (exact) mass is 242 g/mol. The van der Waals surface area contributed by atoms with Crippen LogP contribution in [-0.4, -0.2) is 13.4 Å². The van der Waals surface area contributed by atoms with Crippen LogP contribution in [0.15, 0.2) is 27.3 Å². The molecule has 1 heterocycles. The molecule has 0 bridgehead atoms. The van der Waals surface area contributed by atoms with Crippen molar-refractivity contribution in [3.63, 3.8) is 0 Å². The summed E-state index contributed by atoms with van der Waals surface area (Å²) in [4.78, 5) is 0.982. The zero-order valence-electron chi connectivity index (χ0n) is 7.90. The number of benzene rings is 1. The number of rotatable bonds is 2. The van der Waals surface area contributed by atoms with E-state index in [4.69, 9.17) is 4.74 Å². The highest BCUT2D eigenvalue weighted by atomic mass is 32.2. The number of thiophene rings is 1. The molecule has 1 aromatic heterocycles. The lowest BCUT2D eigenvalue weighted by Gasteiger charge is -2.01. The van der Waals surface area contributed by atoms with Gasteiger partial charge in [0, 0.05) is 15.0 Å². The molecule has 0 saturated carbocycles. The fraction of sp³-hybridized carbons (Fsp3) is 0.200. The Morgan fingerprint density at radius 3 is 2.86 bits per heavy atom. The molecule has 0 atom stereocenters. The summed E-state index contributed by atoms with van der Waals surface area (Å²) < 4.78 is 7.86. The van der Waals surface area contributed by atoms with Crippen molar-refractivity contribution >= 4 is 45.8 Å². The van der Waals surface area contributed by atoms with Gasteiger partial charge < -0.3 is 4.74 Å². The molecule has 0 aliphatic carbocycles. The standard InChI is InChI=1S/C10H10OS3/c1-11-9-8-6(12)4-3-5-7(8)14-10(9)13-2/h3-5,12H,1-2H3. The van der Waals surface area contributed by atoms with Gasteiger partial charge in [0.15, 0.2) is 5.75 Å². The minimum absolute atomic E-state index is 0.961. The summed E-state index contributed by atoms with van der Waals surface area (Å²) in [5.74, 6) is 0.961. The Bertz CT molecular complexity index is 462. The number of thioether (sulfide) groups is 1. The maximum atomic E-state index is 5.41. The normalized spacial score (nSPS) is 10.8. The lowest BCUT2D eigenvalue weighted by molar-refractivity contribution is 0.412. The van der Waals surface area contributed by atoms with Crippen LogP contribution in [0.5, 0.6) is 5.75 Å². The second kappa shape index (κ2) is 4.04. The summed E-state index contributed by atoms with van der Waals surface area (Å²) >= 11 is 7.91. The van der Waals surface area contributed by atoms with Crippen LogP contribution < -0.4 is 4.74 Å². The van der Waals surface area contributed by atoms with Crippen molar-refractivity contribution in [2.75, 3.05) is 13.4 Å². The number of ether oxygens (including phenoxy) is 1. The third kappa shape index (κ3) is 1.51. The number of hydrogen-bond donors (Lipinski definition) is 1. The second-order valence-corrected chi connectivity index (χ2v) is 5.39. The summed E-state index contributed by atoms with van der Waals surface area (Å²) in [5, 5.41) is 1.13. The smallest absolute Gasteiger partial charge is 0.152 e. The maximum absolute atomic E-state index is 5.41. The fourth-order valence-corrected chi connectivity index (χ4v) is 3.69. The van der Waals surface area contributed by atoms with Gasteiger partial charge in [0.25, 0.3) is 0 Å². The molecular formula is C10H10OS3. The van der Waals surface area contributed by atoms with Gasteiger partial charge in [0.2, 0.25) is 0 Å². The first-order chi connectivity index (χ1) is 6.77. The molecule has 2 aromatic rings.